The number of nitrogens with zero attached hydrogens (tertiary/aromatic N) is 2. The van der Waals surface area contributed by atoms with Crippen LogP contribution in [0.5, 0.6) is 5.75 Å². The first-order chi connectivity index (χ1) is 13.0. The fourth-order valence-corrected chi connectivity index (χ4v) is 2.58. The lowest BCUT2D eigenvalue weighted by molar-refractivity contribution is -0.127. The van der Waals surface area contributed by atoms with Crippen LogP contribution in [-0.4, -0.2) is 51.1 Å². The molecule has 0 aromatic heterocycles. The molecule has 2 N–H and O–H groups in total. The number of hydrogen-bond acceptors (Lipinski definition) is 3. The lowest BCUT2D eigenvalue weighted by Crippen LogP contribution is -2.44. The summed E-state index contributed by atoms with van der Waals surface area (Å²) in [7, 11) is 5.16. The molecule has 0 bridgehead atoms. The number of hydrogen-bond donors (Lipinski definition) is 2. The average molecular weight is 377 g/mol. The van der Waals surface area contributed by atoms with E-state index in [9.17, 15) is 4.79 Å². The molecule has 1 amide bonds. The van der Waals surface area contributed by atoms with E-state index in [2.05, 4.69) is 29.5 Å². The molecule has 152 valence electrons. The van der Waals surface area contributed by atoms with Crippen LogP contribution in [0.25, 0.3) is 0 Å². The van der Waals surface area contributed by atoms with Gasteiger partial charge < -0.3 is 20.3 Å². The van der Waals surface area contributed by atoms with E-state index in [-0.39, 0.29) is 12.5 Å². The van der Waals surface area contributed by atoms with E-state index in [1.54, 1.807) is 26.1 Å². The molecule has 0 saturated heterocycles. The normalized spacial score (nSPS) is 12.4. The summed E-state index contributed by atoms with van der Waals surface area (Å²) < 4.78 is 5.19. The number of methoxy groups -OCH3 is 1. The van der Waals surface area contributed by atoms with Crippen molar-refractivity contribution in [1.82, 2.24) is 15.5 Å². The van der Waals surface area contributed by atoms with Gasteiger partial charge in [0.1, 0.15) is 5.75 Å². The van der Waals surface area contributed by atoms with E-state index in [1.807, 2.05) is 24.3 Å². The summed E-state index contributed by atoms with van der Waals surface area (Å²) in [5.41, 5.74) is 1.09. The summed E-state index contributed by atoms with van der Waals surface area (Å²) in [6.07, 6.45) is 4.80. The molecule has 1 rings (SSSR count). The van der Waals surface area contributed by atoms with Crippen molar-refractivity contribution in [3.05, 3.63) is 29.8 Å². The summed E-state index contributed by atoms with van der Waals surface area (Å²) in [5.74, 6) is 2.14. The fraction of sp³-hybridized carbons (Fsp3) is 0.619. The quantitative estimate of drug-likeness (QED) is 0.460. The number of likely N-dealkylation sites (N-methyl/N-ethyl adjacent to an activating group) is 1. The number of rotatable bonds is 11. The predicted octanol–water partition coefficient (Wildman–Crippen LogP) is 3.04. The van der Waals surface area contributed by atoms with Gasteiger partial charge in [-0.05, 0) is 30.0 Å². The number of benzene rings is 1. The molecule has 0 aliphatic heterocycles. The predicted molar refractivity (Wildman–Crippen MR) is 112 cm³/mol. The molecule has 0 heterocycles. The minimum Gasteiger partial charge on any atom is -0.497 e. The van der Waals surface area contributed by atoms with Crippen LogP contribution in [0.1, 0.15) is 45.1 Å². The average Bonchev–Trinajstić information content (AvgIpc) is 2.69. The van der Waals surface area contributed by atoms with E-state index >= 15 is 0 Å². The third-order valence-corrected chi connectivity index (χ3v) is 4.59. The zero-order valence-electron chi connectivity index (χ0n) is 17.5. The first kappa shape index (κ1) is 22.8. The van der Waals surface area contributed by atoms with Crippen LogP contribution in [0, 0.1) is 5.92 Å². The highest BCUT2D eigenvalue weighted by Crippen LogP contribution is 2.12. The molecule has 1 atom stereocenters. The Morgan fingerprint density at radius 1 is 1.19 bits per heavy atom. The van der Waals surface area contributed by atoms with Crippen molar-refractivity contribution in [3.8, 4) is 5.75 Å². The van der Waals surface area contributed by atoms with Crippen molar-refractivity contribution in [1.29, 1.82) is 0 Å². The molecule has 1 aromatic rings. The number of carbonyl (C=O) groups excluding carboxylic acids is 1. The Labute approximate surface area is 164 Å². The van der Waals surface area contributed by atoms with Crippen LogP contribution < -0.4 is 15.4 Å². The molecule has 0 aliphatic carbocycles. The van der Waals surface area contributed by atoms with Crippen LogP contribution in [-0.2, 0) is 11.3 Å². The minimum atomic E-state index is 0.0203. The topological polar surface area (TPSA) is 66.0 Å². The van der Waals surface area contributed by atoms with Crippen LogP contribution in [0.3, 0.4) is 0 Å². The lowest BCUT2D eigenvalue weighted by atomic mass is 9.99. The molecule has 27 heavy (non-hydrogen) atoms. The minimum absolute atomic E-state index is 0.0203. The molecule has 0 radical (unpaired) electrons. The van der Waals surface area contributed by atoms with Gasteiger partial charge in [0.25, 0.3) is 0 Å². The van der Waals surface area contributed by atoms with Gasteiger partial charge in [-0.25, -0.2) is 4.99 Å². The van der Waals surface area contributed by atoms with E-state index in [4.69, 9.17) is 4.74 Å². The molecule has 0 saturated carbocycles. The monoisotopic (exact) mass is 376 g/mol. The number of nitrogens with one attached hydrogen (secondary N) is 2. The van der Waals surface area contributed by atoms with Gasteiger partial charge in [-0.1, -0.05) is 45.2 Å². The SMILES string of the molecule is CCCCC(CC)CNC(=NCc1ccc(OC)cc1)NCC(=O)N(C)C. The molecule has 6 nitrogen and oxygen atoms in total. The highest BCUT2D eigenvalue weighted by Gasteiger charge is 2.09. The fourth-order valence-electron chi connectivity index (χ4n) is 2.58. The smallest absolute Gasteiger partial charge is 0.241 e. The maximum absolute atomic E-state index is 11.9. The molecule has 0 fully saturated rings. The third kappa shape index (κ3) is 9.31. The van der Waals surface area contributed by atoms with Crippen molar-refractivity contribution in [2.45, 2.75) is 46.1 Å². The Morgan fingerprint density at radius 3 is 2.44 bits per heavy atom. The zero-order chi connectivity index (χ0) is 20.1. The molecule has 0 aliphatic rings. The Hall–Kier alpha value is -2.24. The number of carbonyl (C=O) groups is 1. The summed E-state index contributed by atoms with van der Waals surface area (Å²) in [4.78, 5) is 18.1. The van der Waals surface area contributed by atoms with Gasteiger partial charge in [0.15, 0.2) is 5.96 Å². The summed E-state index contributed by atoms with van der Waals surface area (Å²) >= 11 is 0. The van der Waals surface area contributed by atoms with Crippen molar-refractivity contribution in [2.75, 3.05) is 34.3 Å². The molecular formula is C21H36N4O2. The largest absolute Gasteiger partial charge is 0.497 e. The van der Waals surface area contributed by atoms with E-state index in [1.165, 1.54) is 19.3 Å². The van der Waals surface area contributed by atoms with Crippen molar-refractivity contribution in [3.63, 3.8) is 0 Å². The molecule has 1 unspecified atom stereocenters. The summed E-state index contributed by atoms with van der Waals surface area (Å²) in [6, 6.07) is 7.86. The van der Waals surface area contributed by atoms with Gasteiger partial charge in [-0.3, -0.25) is 4.79 Å². The maximum atomic E-state index is 11.9. The maximum Gasteiger partial charge on any atom is 0.241 e. The van der Waals surface area contributed by atoms with E-state index in [0.29, 0.717) is 18.4 Å². The van der Waals surface area contributed by atoms with Gasteiger partial charge in [0, 0.05) is 20.6 Å². The van der Waals surface area contributed by atoms with Crippen LogP contribution in [0.2, 0.25) is 0 Å². The number of ether oxygens (including phenoxy) is 1. The highest BCUT2D eigenvalue weighted by atomic mass is 16.5. The standard InChI is InChI=1S/C21H36N4O2/c1-6-8-9-17(7-2)14-22-21(24-16-20(26)25(3)4)23-15-18-10-12-19(27-5)13-11-18/h10-13,17H,6-9,14-16H2,1-5H3,(H2,22,23,24). The lowest BCUT2D eigenvalue weighted by Gasteiger charge is -2.19. The van der Waals surface area contributed by atoms with Crippen LogP contribution in [0.15, 0.2) is 29.3 Å². The van der Waals surface area contributed by atoms with Crippen LogP contribution >= 0.6 is 0 Å². The highest BCUT2D eigenvalue weighted by molar-refractivity contribution is 5.86. The second-order valence-corrected chi connectivity index (χ2v) is 6.95. The van der Waals surface area contributed by atoms with E-state index < -0.39 is 0 Å². The molecule has 1 aromatic carbocycles. The van der Waals surface area contributed by atoms with E-state index in [0.717, 1.165) is 24.3 Å². The van der Waals surface area contributed by atoms with Crippen molar-refractivity contribution < 1.29 is 9.53 Å². The van der Waals surface area contributed by atoms with Crippen molar-refractivity contribution in [2.24, 2.45) is 10.9 Å². The summed E-state index contributed by atoms with van der Waals surface area (Å²) in [6.45, 7) is 6.07. The Bertz CT molecular complexity index is 570. The number of aliphatic imine (C=N–C) groups is 1. The van der Waals surface area contributed by atoms with Crippen LogP contribution in [0.4, 0.5) is 0 Å². The number of amides is 1. The Morgan fingerprint density at radius 2 is 1.89 bits per heavy atom. The second-order valence-electron chi connectivity index (χ2n) is 6.95. The third-order valence-electron chi connectivity index (χ3n) is 4.59. The van der Waals surface area contributed by atoms with Gasteiger partial charge in [-0.15, -0.1) is 0 Å². The first-order valence-electron chi connectivity index (χ1n) is 9.85. The number of guanidine groups is 1. The second kappa shape index (κ2) is 13.0. The summed E-state index contributed by atoms with van der Waals surface area (Å²) in [5, 5.41) is 6.56. The molecule has 0 spiro atoms. The van der Waals surface area contributed by atoms with Crippen molar-refractivity contribution >= 4 is 11.9 Å². The van der Waals surface area contributed by atoms with Gasteiger partial charge in [-0.2, -0.15) is 0 Å². The number of unbranched alkanes of at least 4 members (excludes halogenated alkanes) is 1. The van der Waals surface area contributed by atoms with Gasteiger partial charge in [0.2, 0.25) is 5.91 Å². The Kier molecular flexibility index (Phi) is 11.0. The Balaban J connectivity index is 2.70. The first-order valence-corrected chi connectivity index (χ1v) is 9.85. The zero-order valence-corrected chi connectivity index (χ0v) is 17.5. The molecular weight excluding hydrogens is 340 g/mol. The van der Waals surface area contributed by atoms with Gasteiger partial charge >= 0.3 is 0 Å². The molecule has 6 heteroatoms. The van der Waals surface area contributed by atoms with Gasteiger partial charge in [0.05, 0.1) is 20.2 Å².